The minimum absolute atomic E-state index is 0.0225. The molecule has 2 aromatic carbocycles. The summed E-state index contributed by atoms with van der Waals surface area (Å²) in [6.07, 6.45) is 0. The van der Waals surface area contributed by atoms with E-state index in [-0.39, 0.29) is 11.5 Å². The van der Waals surface area contributed by atoms with Crippen molar-refractivity contribution in [3.8, 4) is 0 Å². The summed E-state index contributed by atoms with van der Waals surface area (Å²) < 4.78 is 31.1. The van der Waals surface area contributed by atoms with Crippen LogP contribution in [0.2, 0.25) is 0 Å². The first-order valence-electron chi connectivity index (χ1n) is 8.34. The Bertz CT molecular complexity index is 1110. The third kappa shape index (κ3) is 3.99. The topological polar surface area (TPSA) is 76.6 Å². The van der Waals surface area contributed by atoms with E-state index < -0.39 is 16.0 Å². The number of fused-ring (bicyclic) bond motifs is 1. The lowest BCUT2D eigenvalue weighted by Gasteiger charge is -2.13. The molecule has 140 valence electrons. The molecule has 0 aliphatic carbocycles. The van der Waals surface area contributed by atoms with Gasteiger partial charge in [-0.25, -0.2) is 17.5 Å². The molecule has 0 aliphatic rings. The van der Waals surface area contributed by atoms with Crippen molar-refractivity contribution in [2.24, 2.45) is 0 Å². The van der Waals surface area contributed by atoms with E-state index in [9.17, 15) is 13.2 Å². The number of para-hydroxylation sites is 1. The molecule has 0 aliphatic heterocycles. The number of aryl methyl sites for hydroxylation is 1. The molecule has 0 spiro atoms. The summed E-state index contributed by atoms with van der Waals surface area (Å²) in [6.45, 7) is 1.80. The zero-order valence-corrected chi connectivity index (χ0v) is 16.2. The van der Waals surface area contributed by atoms with Crippen LogP contribution in [-0.2, 0) is 21.4 Å². The lowest BCUT2D eigenvalue weighted by molar-refractivity contribution is 0.0474. The third-order valence-corrected chi connectivity index (χ3v) is 5.92. The summed E-state index contributed by atoms with van der Waals surface area (Å²) in [6, 6.07) is 15.4. The predicted molar refractivity (Wildman–Crippen MR) is 103 cm³/mol. The summed E-state index contributed by atoms with van der Waals surface area (Å²) in [5, 5.41) is 0.719. The van der Waals surface area contributed by atoms with E-state index in [0.717, 1.165) is 20.9 Å². The zero-order valence-electron chi connectivity index (χ0n) is 15.3. The highest BCUT2D eigenvalue weighted by Gasteiger charge is 2.18. The molecule has 0 radical (unpaired) electrons. The molecule has 0 atom stereocenters. The summed E-state index contributed by atoms with van der Waals surface area (Å²) in [5.74, 6) is -0.474. The number of aromatic nitrogens is 1. The van der Waals surface area contributed by atoms with E-state index in [0.29, 0.717) is 11.1 Å². The van der Waals surface area contributed by atoms with Gasteiger partial charge in [0.05, 0.1) is 16.0 Å². The molecule has 0 amide bonds. The molecule has 3 aromatic rings. The Balaban J connectivity index is 1.83. The Hall–Kier alpha value is -2.77. The first-order chi connectivity index (χ1) is 12.8. The van der Waals surface area contributed by atoms with E-state index in [2.05, 4.69) is 4.98 Å². The van der Waals surface area contributed by atoms with Crippen molar-refractivity contribution >= 4 is 26.9 Å². The molecule has 0 saturated carbocycles. The maximum atomic E-state index is 12.6. The van der Waals surface area contributed by atoms with Crippen LogP contribution in [0.25, 0.3) is 10.9 Å². The second kappa shape index (κ2) is 7.46. The molecular weight excluding hydrogens is 364 g/mol. The van der Waals surface area contributed by atoms with Gasteiger partial charge in [0.25, 0.3) is 0 Å². The smallest absolute Gasteiger partial charge is 0.339 e. The number of rotatable bonds is 5. The molecular formula is C20H20N2O4S. The standard InChI is InChI=1S/C20H20N2O4S/c1-14-11-18(17-9-4-5-10-19(17)21-14)20(23)26-13-15-7-6-8-16(12-15)27(24,25)22(2)3/h4-12H,13H2,1-3H3. The number of carbonyl (C=O) groups is 1. The number of hydrogen-bond donors (Lipinski definition) is 0. The SMILES string of the molecule is Cc1cc(C(=O)OCc2cccc(S(=O)(=O)N(C)C)c2)c2ccccc2n1. The van der Waals surface area contributed by atoms with Crippen molar-refractivity contribution in [2.45, 2.75) is 18.4 Å². The lowest BCUT2D eigenvalue weighted by Crippen LogP contribution is -2.22. The van der Waals surface area contributed by atoms with E-state index >= 15 is 0 Å². The number of carbonyl (C=O) groups excluding carboxylic acids is 1. The van der Waals surface area contributed by atoms with Crippen molar-refractivity contribution in [3.63, 3.8) is 0 Å². The zero-order chi connectivity index (χ0) is 19.6. The van der Waals surface area contributed by atoms with E-state index in [1.807, 2.05) is 31.2 Å². The number of hydrogen-bond acceptors (Lipinski definition) is 5. The average Bonchev–Trinajstić information content (AvgIpc) is 2.65. The fourth-order valence-corrected chi connectivity index (χ4v) is 3.68. The second-order valence-electron chi connectivity index (χ2n) is 6.34. The number of benzene rings is 2. The monoisotopic (exact) mass is 384 g/mol. The largest absolute Gasteiger partial charge is 0.457 e. The minimum atomic E-state index is -3.54. The van der Waals surface area contributed by atoms with Gasteiger partial charge in [0.2, 0.25) is 10.0 Å². The van der Waals surface area contributed by atoms with Crippen LogP contribution in [0.4, 0.5) is 0 Å². The molecule has 6 nitrogen and oxygen atoms in total. The van der Waals surface area contributed by atoms with Gasteiger partial charge in [0.15, 0.2) is 0 Å². The highest BCUT2D eigenvalue weighted by molar-refractivity contribution is 7.89. The van der Waals surface area contributed by atoms with Crippen molar-refractivity contribution in [3.05, 3.63) is 71.4 Å². The molecule has 27 heavy (non-hydrogen) atoms. The van der Waals surface area contributed by atoms with Gasteiger partial charge in [0.1, 0.15) is 6.61 Å². The van der Waals surface area contributed by atoms with Crippen LogP contribution in [0.1, 0.15) is 21.6 Å². The van der Waals surface area contributed by atoms with Gasteiger partial charge >= 0.3 is 5.97 Å². The Kier molecular flexibility index (Phi) is 5.25. The fourth-order valence-electron chi connectivity index (χ4n) is 2.71. The summed E-state index contributed by atoms with van der Waals surface area (Å²) in [4.78, 5) is 17.2. The summed E-state index contributed by atoms with van der Waals surface area (Å²) >= 11 is 0. The van der Waals surface area contributed by atoms with Crippen LogP contribution in [0, 0.1) is 6.92 Å². The van der Waals surface area contributed by atoms with Crippen LogP contribution < -0.4 is 0 Å². The van der Waals surface area contributed by atoms with Crippen LogP contribution in [0.3, 0.4) is 0 Å². The maximum Gasteiger partial charge on any atom is 0.339 e. The molecule has 0 fully saturated rings. The molecule has 0 N–H and O–H groups in total. The molecule has 1 heterocycles. The number of esters is 1. The number of ether oxygens (including phenoxy) is 1. The Morgan fingerprint density at radius 2 is 1.81 bits per heavy atom. The molecule has 7 heteroatoms. The van der Waals surface area contributed by atoms with Gasteiger partial charge in [-0.2, -0.15) is 0 Å². The quantitative estimate of drug-likeness (QED) is 0.632. The number of nitrogens with zero attached hydrogens (tertiary/aromatic N) is 2. The summed E-state index contributed by atoms with van der Waals surface area (Å²) in [7, 11) is -0.598. The van der Waals surface area contributed by atoms with Crippen LogP contribution in [0.15, 0.2) is 59.5 Å². The van der Waals surface area contributed by atoms with Crippen molar-refractivity contribution in [2.75, 3.05) is 14.1 Å². The average molecular weight is 384 g/mol. The van der Waals surface area contributed by atoms with Gasteiger partial charge in [-0.15, -0.1) is 0 Å². The van der Waals surface area contributed by atoms with E-state index in [1.165, 1.54) is 26.2 Å². The summed E-state index contributed by atoms with van der Waals surface area (Å²) in [5.41, 5.74) is 2.49. The van der Waals surface area contributed by atoms with Gasteiger partial charge in [-0.1, -0.05) is 30.3 Å². The third-order valence-electron chi connectivity index (χ3n) is 4.11. The predicted octanol–water partition coefficient (Wildman–Crippen LogP) is 3.15. The van der Waals surface area contributed by atoms with Crippen molar-refractivity contribution in [1.82, 2.24) is 9.29 Å². The maximum absolute atomic E-state index is 12.6. The number of pyridine rings is 1. The second-order valence-corrected chi connectivity index (χ2v) is 8.49. The van der Waals surface area contributed by atoms with Crippen LogP contribution in [-0.4, -0.2) is 37.8 Å². The van der Waals surface area contributed by atoms with Crippen LogP contribution >= 0.6 is 0 Å². The van der Waals surface area contributed by atoms with Crippen molar-refractivity contribution < 1.29 is 17.9 Å². The minimum Gasteiger partial charge on any atom is -0.457 e. The number of sulfonamides is 1. The normalized spacial score (nSPS) is 11.7. The first-order valence-corrected chi connectivity index (χ1v) is 9.78. The molecule has 0 saturated heterocycles. The van der Waals surface area contributed by atoms with Gasteiger partial charge in [-0.05, 0) is 36.8 Å². The first kappa shape index (κ1) is 19.0. The highest BCUT2D eigenvalue weighted by Crippen LogP contribution is 2.20. The lowest BCUT2D eigenvalue weighted by atomic mass is 10.1. The molecule has 0 bridgehead atoms. The van der Waals surface area contributed by atoms with E-state index in [4.69, 9.17) is 4.74 Å². The van der Waals surface area contributed by atoms with Crippen molar-refractivity contribution in [1.29, 1.82) is 0 Å². The molecule has 0 unspecified atom stereocenters. The van der Waals surface area contributed by atoms with Crippen LogP contribution in [0.5, 0.6) is 0 Å². The van der Waals surface area contributed by atoms with Gasteiger partial charge in [-0.3, -0.25) is 4.98 Å². The molecule has 1 aromatic heterocycles. The fraction of sp³-hybridized carbons (Fsp3) is 0.200. The van der Waals surface area contributed by atoms with Gasteiger partial charge in [0, 0.05) is 25.2 Å². The van der Waals surface area contributed by atoms with Gasteiger partial charge < -0.3 is 4.74 Å². The van der Waals surface area contributed by atoms with E-state index in [1.54, 1.807) is 18.2 Å². The molecule has 3 rings (SSSR count). The highest BCUT2D eigenvalue weighted by atomic mass is 32.2. The Labute approximate surface area is 158 Å². The Morgan fingerprint density at radius 1 is 1.07 bits per heavy atom. The Morgan fingerprint density at radius 3 is 2.56 bits per heavy atom.